The highest BCUT2D eigenvalue weighted by molar-refractivity contribution is 5.85. The molecule has 0 fully saturated rings. The van der Waals surface area contributed by atoms with Gasteiger partial charge in [0.1, 0.15) is 0 Å². The monoisotopic (exact) mass is 264 g/mol. The van der Waals surface area contributed by atoms with Gasteiger partial charge in [-0.15, -0.1) is 0 Å². The van der Waals surface area contributed by atoms with Crippen LogP contribution < -0.4 is 0 Å². The zero-order valence-corrected chi connectivity index (χ0v) is 9.05. The van der Waals surface area contributed by atoms with Crippen LogP contribution in [0.2, 0.25) is 0 Å². The minimum absolute atomic E-state index is 0.00124. The molecule has 0 heterocycles. The first kappa shape index (κ1) is 12.7. The average Bonchev–Trinajstić information content (AvgIpc) is 2.36. The summed E-state index contributed by atoms with van der Waals surface area (Å²) in [5.41, 5.74) is -0.246. The SMILES string of the molecule is CCc1cc2c(F)c(F)c(F)c(F)c2c(F)c1F. The molecule has 0 aromatic heterocycles. The Bertz CT molecular complexity index is 647. The van der Waals surface area contributed by atoms with Gasteiger partial charge in [0.2, 0.25) is 0 Å². The Morgan fingerprint density at radius 2 is 1.22 bits per heavy atom. The third-order valence-electron chi connectivity index (χ3n) is 2.70. The predicted octanol–water partition coefficient (Wildman–Crippen LogP) is 4.24. The van der Waals surface area contributed by atoms with Crippen molar-refractivity contribution < 1.29 is 26.3 Å². The van der Waals surface area contributed by atoms with Crippen molar-refractivity contribution in [2.24, 2.45) is 0 Å². The summed E-state index contributed by atoms with van der Waals surface area (Å²) in [6.45, 7) is 1.46. The van der Waals surface area contributed by atoms with Crippen LogP contribution >= 0.6 is 0 Å². The van der Waals surface area contributed by atoms with Gasteiger partial charge in [-0.05, 0) is 18.1 Å². The summed E-state index contributed by atoms with van der Waals surface area (Å²) in [6, 6.07) is 0.772. The van der Waals surface area contributed by atoms with Crippen LogP contribution in [-0.4, -0.2) is 0 Å². The molecule has 2 aromatic rings. The smallest absolute Gasteiger partial charge is 0.198 e. The maximum Gasteiger partial charge on any atom is 0.198 e. The van der Waals surface area contributed by atoms with E-state index < -0.39 is 45.7 Å². The fraction of sp³-hybridized carbons (Fsp3) is 0.167. The van der Waals surface area contributed by atoms with Crippen LogP contribution in [0, 0.1) is 34.9 Å². The van der Waals surface area contributed by atoms with Gasteiger partial charge in [0.25, 0.3) is 0 Å². The lowest BCUT2D eigenvalue weighted by atomic mass is 10.0. The molecule has 0 saturated carbocycles. The van der Waals surface area contributed by atoms with Crippen LogP contribution in [0.25, 0.3) is 10.8 Å². The molecule has 0 aliphatic heterocycles. The molecule has 0 N–H and O–H groups in total. The van der Waals surface area contributed by atoms with E-state index in [2.05, 4.69) is 0 Å². The number of benzene rings is 2. The van der Waals surface area contributed by atoms with Crippen LogP contribution in [0.15, 0.2) is 6.07 Å². The van der Waals surface area contributed by atoms with Crippen molar-refractivity contribution in [3.05, 3.63) is 46.5 Å². The van der Waals surface area contributed by atoms with Gasteiger partial charge < -0.3 is 0 Å². The molecule has 0 amide bonds. The standard InChI is InChI=1S/C12H6F6/c1-2-4-3-5-6(9(15)7(4)13)10(16)12(18)11(17)8(5)14/h3H,2H2,1H3. The first-order valence-corrected chi connectivity index (χ1v) is 5.02. The van der Waals surface area contributed by atoms with Gasteiger partial charge in [0.05, 0.1) is 5.39 Å². The first-order valence-electron chi connectivity index (χ1n) is 5.02. The molecule has 0 aliphatic carbocycles. The van der Waals surface area contributed by atoms with E-state index in [1.54, 1.807) is 0 Å². The Labute approximate surface area is 97.8 Å². The second-order valence-electron chi connectivity index (χ2n) is 3.70. The molecule has 0 saturated heterocycles. The molecule has 0 aliphatic rings. The van der Waals surface area contributed by atoms with Gasteiger partial charge in [0, 0.05) is 5.39 Å². The Balaban J connectivity index is 3.07. The third-order valence-corrected chi connectivity index (χ3v) is 2.70. The van der Waals surface area contributed by atoms with Crippen molar-refractivity contribution in [2.75, 3.05) is 0 Å². The number of hydrogen-bond donors (Lipinski definition) is 0. The summed E-state index contributed by atoms with van der Waals surface area (Å²) in [5.74, 6) is -11.0. The Hall–Kier alpha value is -1.72. The molecule has 0 unspecified atom stereocenters. The summed E-state index contributed by atoms with van der Waals surface area (Å²) in [5, 5.41) is -2.04. The number of halogens is 6. The van der Waals surface area contributed by atoms with E-state index in [0.717, 1.165) is 6.07 Å². The molecule has 18 heavy (non-hydrogen) atoms. The van der Waals surface area contributed by atoms with Crippen LogP contribution in [0.5, 0.6) is 0 Å². The van der Waals surface area contributed by atoms with E-state index >= 15 is 0 Å². The molecule has 0 spiro atoms. The summed E-state index contributed by atoms with van der Waals surface area (Å²) in [6.07, 6.45) is -0.00124. The Kier molecular flexibility index (Phi) is 2.96. The highest BCUT2D eigenvalue weighted by atomic mass is 19.2. The quantitative estimate of drug-likeness (QED) is 0.410. The van der Waals surface area contributed by atoms with Crippen molar-refractivity contribution in [1.29, 1.82) is 0 Å². The highest BCUT2D eigenvalue weighted by Gasteiger charge is 2.25. The number of fused-ring (bicyclic) bond motifs is 1. The maximum atomic E-state index is 13.5. The molecule has 0 bridgehead atoms. The molecule has 6 heteroatoms. The van der Waals surface area contributed by atoms with Crippen LogP contribution in [0.4, 0.5) is 26.3 Å². The Morgan fingerprint density at radius 3 is 1.78 bits per heavy atom. The zero-order chi connectivity index (χ0) is 13.6. The van der Waals surface area contributed by atoms with E-state index in [9.17, 15) is 26.3 Å². The average molecular weight is 264 g/mol. The number of aryl methyl sites for hydroxylation is 1. The summed E-state index contributed by atoms with van der Waals surface area (Å²) < 4.78 is 79.6. The molecule has 0 radical (unpaired) electrons. The Morgan fingerprint density at radius 1 is 0.722 bits per heavy atom. The van der Waals surface area contributed by atoms with Crippen LogP contribution in [0.1, 0.15) is 12.5 Å². The van der Waals surface area contributed by atoms with E-state index in [1.165, 1.54) is 6.92 Å². The first-order chi connectivity index (χ1) is 8.40. The van der Waals surface area contributed by atoms with E-state index in [4.69, 9.17) is 0 Å². The van der Waals surface area contributed by atoms with Gasteiger partial charge in [-0.1, -0.05) is 6.92 Å². The number of rotatable bonds is 1. The molecule has 96 valence electrons. The van der Waals surface area contributed by atoms with Crippen molar-refractivity contribution >= 4 is 10.8 Å². The third kappa shape index (κ3) is 1.55. The molecule has 0 nitrogen and oxygen atoms in total. The molecule has 2 aromatic carbocycles. The maximum absolute atomic E-state index is 13.5. The summed E-state index contributed by atoms with van der Waals surface area (Å²) in [7, 11) is 0. The van der Waals surface area contributed by atoms with Crippen molar-refractivity contribution in [3.8, 4) is 0 Å². The largest absolute Gasteiger partial charge is 0.203 e. The fourth-order valence-corrected chi connectivity index (χ4v) is 1.74. The van der Waals surface area contributed by atoms with Crippen LogP contribution in [0.3, 0.4) is 0 Å². The van der Waals surface area contributed by atoms with Crippen molar-refractivity contribution in [2.45, 2.75) is 13.3 Å². The van der Waals surface area contributed by atoms with Gasteiger partial charge in [-0.2, -0.15) is 0 Å². The van der Waals surface area contributed by atoms with Crippen molar-refractivity contribution in [1.82, 2.24) is 0 Å². The second-order valence-corrected chi connectivity index (χ2v) is 3.70. The minimum Gasteiger partial charge on any atom is -0.203 e. The zero-order valence-electron chi connectivity index (χ0n) is 9.05. The molecular weight excluding hydrogens is 258 g/mol. The van der Waals surface area contributed by atoms with Crippen LogP contribution in [-0.2, 0) is 6.42 Å². The lowest BCUT2D eigenvalue weighted by Crippen LogP contribution is -2.03. The topological polar surface area (TPSA) is 0 Å². The highest BCUT2D eigenvalue weighted by Crippen LogP contribution is 2.31. The normalized spacial score (nSPS) is 11.3. The van der Waals surface area contributed by atoms with E-state index in [1.807, 2.05) is 0 Å². The molecular formula is C12H6F6. The van der Waals surface area contributed by atoms with E-state index in [-0.39, 0.29) is 12.0 Å². The van der Waals surface area contributed by atoms with Crippen molar-refractivity contribution in [3.63, 3.8) is 0 Å². The lowest BCUT2D eigenvalue weighted by Gasteiger charge is -2.09. The molecule has 0 atom stereocenters. The molecule has 2 rings (SSSR count). The number of hydrogen-bond acceptors (Lipinski definition) is 0. The van der Waals surface area contributed by atoms with Gasteiger partial charge in [-0.25, -0.2) is 26.3 Å². The summed E-state index contributed by atoms with van der Waals surface area (Å²) in [4.78, 5) is 0. The fourth-order valence-electron chi connectivity index (χ4n) is 1.74. The lowest BCUT2D eigenvalue weighted by molar-refractivity contribution is 0.414. The summed E-state index contributed by atoms with van der Waals surface area (Å²) >= 11 is 0. The minimum atomic E-state index is -2.16. The predicted molar refractivity (Wildman–Crippen MR) is 53.1 cm³/mol. The van der Waals surface area contributed by atoms with Gasteiger partial charge in [-0.3, -0.25) is 0 Å². The van der Waals surface area contributed by atoms with E-state index in [0.29, 0.717) is 0 Å². The second kappa shape index (κ2) is 4.19. The van der Waals surface area contributed by atoms with Gasteiger partial charge >= 0.3 is 0 Å². The van der Waals surface area contributed by atoms with Gasteiger partial charge in [0.15, 0.2) is 34.9 Å².